The van der Waals surface area contributed by atoms with E-state index in [4.69, 9.17) is 9.15 Å². The fourth-order valence-electron chi connectivity index (χ4n) is 3.32. The first-order chi connectivity index (χ1) is 12.8. The van der Waals surface area contributed by atoms with E-state index in [1.165, 1.54) is 0 Å². The minimum absolute atomic E-state index is 0. The van der Waals surface area contributed by atoms with E-state index in [2.05, 4.69) is 10.6 Å². The minimum atomic E-state index is -0.179. The molecule has 1 unspecified atom stereocenters. The van der Waals surface area contributed by atoms with Crippen LogP contribution in [-0.2, 0) is 6.61 Å². The van der Waals surface area contributed by atoms with Crippen LogP contribution < -0.4 is 15.4 Å². The Kier molecular flexibility index (Phi) is 6.37. The van der Waals surface area contributed by atoms with Gasteiger partial charge in [0.25, 0.3) is 5.91 Å². The summed E-state index contributed by atoms with van der Waals surface area (Å²) in [7, 11) is 0. The summed E-state index contributed by atoms with van der Waals surface area (Å²) in [5.41, 5.74) is 1.48. The highest BCUT2D eigenvalue weighted by atomic mass is 35.5. The molecule has 0 radical (unpaired) electrons. The number of nitrogens with one attached hydrogen (secondary N) is 2. The van der Waals surface area contributed by atoms with Gasteiger partial charge in [0, 0.05) is 23.5 Å². The third kappa shape index (κ3) is 4.43. The second-order valence-electron chi connectivity index (χ2n) is 6.52. The number of carbonyl (C=O) groups is 1. The Morgan fingerprint density at radius 3 is 2.70 bits per heavy atom. The highest BCUT2D eigenvalue weighted by Crippen LogP contribution is 2.27. The van der Waals surface area contributed by atoms with Crippen LogP contribution in [0.15, 0.2) is 59.0 Å². The summed E-state index contributed by atoms with van der Waals surface area (Å²) in [6, 6.07) is 17.4. The maximum Gasteiger partial charge on any atom is 0.287 e. The Morgan fingerprint density at radius 1 is 1.15 bits per heavy atom. The molecule has 142 valence electrons. The third-order valence-electron chi connectivity index (χ3n) is 4.66. The predicted molar refractivity (Wildman–Crippen MR) is 108 cm³/mol. The first kappa shape index (κ1) is 19.3. The van der Waals surface area contributed by atoms with Gasteiger partial charge in [0.05, 0.1) is 0 Å². The lowest BCUT2D eigenvalue weighted by Crippen LogP contribution is -2.45. The molecule has 1 amide bonds. The van der Waals surface area contributed by atoms with Gasteiger partial charge in [0.1, 0.15) is 17.9 Å². The standard InChI is InChI=1S/C21H22N2O3.ClH/c24-21(23-15-7-6-12-22-13-15)20-18(14-25-16-8-2-1-3-9-16)17-10-4-5-11-19(17)26-20;/h1-5,8-11,15,22H,6-7,12-14H2,(H,23,24);1H. The number of hydrogen-bond donors (Lipinski definition) is 2. The molecular formula is C21H23ClN2O3. The number of piperidine rings is 1. The zero-order chi connectivity index (χ0) is 17.8. The molecular weight excluding hydrogens is 364 g/mol. The number of carbonyl (C=O) groups excluding carboxylic acids is 1. The molecule has 1 fully saturated rings. The number of ether oxygens (including phenoxy) is 1. The molecule has 1 aliphatic rings. The van der Waals surface area contributed by atoms with Crippen LogP contribution in [0.5, 0.6) is 5.75 Å². The number of rotatable bonds is 5. The number of benzene rings is 2. The molecule has 2 N–H and O–H groups in total. The van der Waals surface area contributed by atoms with Crippen molar-refractivity contribution in [2.45, 2.75) is 25.5 Å². The molecule has 0 bridgehead atoms. The number of halogens is 1. The van der Waals surface area contributed by atoms with Crippen molar-refractivity contribution in [3.8, 4) is 5.75 Å². The van der Waals surface area contributed by atoms with E-state index >= 15 is 0 Å². The van der Waals surface area contributed by atoms with Gasteiger partial charge in [-0.3, -0.25) is 4.79 Å². The second kappa shape index (κ2) is 8.93. The molecule has 0 saturated carbocycles. The van der Waals surface area contributed by atoms with Crippen molar-refractivity contribution in [2.24, 2.45) is 0 Å². The zero-order valence-electron chi connectivity index (χ0n) is 14.9. The number of para-hydroxylation sites is 2. The zero-order valence-corrected chi connectivity index (χ0v) is 15.8. The summed E-state index contributed by atoms with van der Waals surface area (Å²) < 4.78 is 11.8. The summed E-state index contributed by atoms with van der Waals surface area (Å²) in [6.07, 6.45) is 2.05. The quantitative estimate of drug-likeness (QED) is 0.697. The Labute approximate surface area is 164 Å². The van der Waals surface area contributed by atoms with E-state index in [-0.39, 0.29) is 31.0 Å². The van der Waals surface area contributed by atoms with Crippen molar-refractivity contribution >= 4 is 29.3 Å². The van der Waals surface area contributed by atoms with Crippen molar-refractivity contribution in [3.63, 3.8) is 0 Å². The fourth-order valence-corrected chi connectivity index (χ4v) is 3.32. The normalized spacial score (nSPS) is 16.5. The van der Waals surface area contributed by atoms with Crippen molar-refractivity contribution in [3.05, 3.63) is 65.9 Å². The topological polar surface area (TPSA) is 63.5 Å². The molecule has 0 aliphatic carbocycles. The van der Waals surface area contributed by atoms with Crippen molar-refractivity contribution in [1.82, 2.24) is 10.6 Å². The lowest BCUT2D eigenvalue weighted by molar-refractivity contribution is 0.0901. The van der Waals surface area contributed by atoms with Crippen LogP contribution in [-0.4, -0.2) is 25.0 Å². The van der Waals surface area contributed by atoms with E-state index < -0.39 is 0 Å². The van der Waals surface area contributed by atoms with E-state index in [9.17, 15) is 4.79 Å². The number of fused-ring (bicyclic) bond motifs is 1. The van der Waals surface area contributed by atoms with Gasteiger partial charge in [0.15, 0.2) is 5.76 Å². The van der Waals surface area contributed by atoms with Crippen molar-refractivity contribution in [2.75, 3.05) is 13.1 Å². The molecule has 1 atom stereocenters. The Bertz CT molecular complexity index is 889. The monoisotopic (exact) mass is 386 g/mol. The van der Waals surface area contributed by atoms with E-state index in [0.717, 1.165) is 42.6 Å². The number of furan rings is 1. The molecule has 3 aromatic rings. The Balaban J connectivity index is 0.00000210. The highest BCUT2D eigenvalue weighted by Gasteiger charge is 2.24. The molecule has 4 rings (SSSR count). The molecule has 2 heterocycles. The van der Waals surface area contributed by atoms with Gasteiger partial charge in [-0.2, -0.15) is 0 Å². The van der Waals surface area contributed by atoms with Gasteiger partial charge in [-0.25, -0.2) is 0 Å². The maximum absolute atomic E-state index is 12.8. The summed E-state index contributed by atoms with van der Waals surface area (Å²) in [5, 5.41) is 7.31. The summed E-state index contributed by atoms with van der Waals surface area (Å²) in [6.45, 7) is 2.09. The molecule has 1 aromatic heterocycles. The summed E-state index contributed by atoms with van der Waals surface area (Å²) >= 11 is 0. The van der Waals surface area contributed by atoms with Gasteiger partial charge in [-0.15, -0.1) is 12.4 Å². The van der Waals surface area contributed by atoms with Crippen LogP contribution in [0, 0.1) is 0 Å². The molecule has 5 nitrogen and oxygen atoms in total. The average molecular weight is 387 g/mol. The average Bonchev–Trinajstić information content (AvgIpc) is 3.07. The van der Waals surface area contributed by atoms with Crippen LogP contribution in [0.3, 0.4) is 0 Å². The van der Waals surface area contributed by atoms with Gasteiger partial charge in [-0.1, -0.05) is 36.4 Å². The van der Waals surface area contributed by atoms with Gasteiger partial charge in [-0.05, 0) is 37.6 Å². The third-order valence-corrected chi connectivity index (χ3v) is 4.66. The van der Waals surface area contributed by atoms with Crippen LogP contribution in [0.1, 0.15) is 29.0 Å². The molecule has 1 aliphatic heterocycles. The van der Waals surface area contributed by atoms with Crippen LogP contribution in [0.4, 0.5) is 0 Å². The van der Waals surface area contributed by atoms with Crippen LogP contribution in [0.2, 0.25) is 0 Å². The van der Waals surface area contributed by atoms with Gasteiger partial charge >= 0.3 is 0 Å². The lowest BCUT2D eigenvalue weighted by Gasteiger charge is -2.23. The molecule has 0 spiro atoms. The maximum atomic E-state index is 12.8. The molecule has 2 aromatic carbocycles. The number of hydrogen-bond acceptors (Lipinski definition) is 4. The first-order valence-corrected chi connectivity index (χ1v) is 9.01. The molecule has 27 heavy (non-hydrogen) atoms. The predicted octanol–water partition coefficient (Wildman–Crippen LogP) is 3.92. The summed E-state index contributed by atoms with van der Waals surface area (Å²) in [5.74, 6) is 0.926. The first-order valence-electron chi connectivity index (χ1n) is 9.01. The Morgan fingerprint density at radius 2 is 1.93 bits per heavy atom. The lowest BCUT2D eigenvalue weighted by atomic mass is 10.1. The molecule has 1 saturated heterocycles. The van der Waals surface area contributed by atoms with Gasteiger partial charge < -0.3 is 19.8 Å². The van der Waals surface area contributed by atoms with Crippen LogP contribution >= 0.6 is 12.4 Å². The van der Waals surface area contributed by atoms with E-state index in [1.54, 1.807) is 0 Å². The van der Waals surface area contributed by atoms with E-state index in [1.807, 2.05) is 54.6 Å². The summed E-state index contributed by atoms with van der Waals surface area (Å²) in [4.78, 5) is 12.8. The smallest absolute Gasteiger partial charge is 0.287 e. The van der Waals surface area contributed by atoms with Crippen molar-refractivity contribution < 1.29 is 13.9 Å². The van der Waals surface area contributed by atoms with Gasteiger partial charge in [0.2, 0.25) is 0 Å². The minimum Gasteiger partial charge on any atom is -0.489 e. The van der Waals surface area contributed by atoms with E-state index in [0.29, 0.717) is 11.3 Å². The Hall–Kier alpha value is -2.50. The SMILES string of the molecule is Cl.O=C(NC1CCCNC1)c1oc2ccccc2c1COc1ccccc1. The van der Waals surface area contributed by atoms with Crippen LogP contribution in [0.25, 0.3) is 11.0 Å². The molecule has 6 heteroatoms. The fraction of sp³-hybridized carbons (Fsp3) is 0.286. The largest absolute Gasteiger partial charge is 0.489 e. The van der Waals surface area contributed by atoms with Crippen molar-refractivity contribution in [1.29, 1.82) is 0 Å². The second-order valence-corrected chi connectivity index (χ2v) is 6.52. The highest BCUT2D eigenvalue weighted by molar-refractivity contribution is 5.99. The number of amides is 1.